The van der Waals surface area contributed by atoms with Gasteiger partial charge < -0.3 is 4.74 Å². The molecule has 0 fully saturated rings. The van der Waals surface area contributed by atoms with Crippen LogP contribution >= 0.6 is 0 Å². The second-order valence-electron chi connectivity index (χ2n) is 7.68. The van der Waals surface area contributed by atoms with Crippen LogP contribution in [0.2, 0.25) is 0 Å². The number of benzene rings is 2. The number of rotatable bonds is 7. The summed E-state index contributed by atoms with van der Waals surface area (Å²) in [7, 11) is 0. The number of aromatic nitrogens is 3. The molecule has 0 saturated carbocycles. The summed E-state index contributed by atoms with van der Waals surface area (Å²) in [5.41, 5.74) is 3.93. The van der Waals surface area contributed by atoms with E-state index in [1.807, 2.05) is 50.3 Å². The van der Waals surface area contributed by atoms with Gasteiger partial charge in [0.1, 0.15) is 12.3 Å². The molecule has 1 aromatic heterocycles. The van der Waals surface area contributed by atoms with Gasteiger partial charge in [-0.05, 0) is 25.8 Å². The van der Waals surface area contributed by atoms with Gasteiger partial charge in [-0.2, -0.15) is 0 Å². The lowest BCUT2D eigenvalue weighted by molar-refractivity contribution is 0.0854. The highest BCUT2D eigenvalue weighted by molar-refractivity contribution is 6.26. The zero-order valence-electron chi connectivity index (χ0n) is 17.5. The van der Waals surface area contributed by atoms with Crippen molar-refractivity contribution in [3.8, 4) is 0 Å². The molecule has 0 radical (unpaired) electrons. The Morgan fingerprint density at radius 3 is 2.35 bits per heavy atom. The molecule has 0 aliphatic heterocycles. The van der Waals surface area contributed by atoms with Crippen molar-refractivity contribution in [2.75, 3.05) is 0 Å². The van der Waals surface area contributed by atoms with Gasteiger partial charge in [0.05, 0.1) is 18.3 Å². The molecule has 1 heterocycles. The normalized spacial score (nSPS) is 13.2. The van der Waals surface area contributed by atoms with E-state index < -0.39 is 0 Å². The van der Waals surface area contributed by atoms with E-state index in [0.29, 0.717) is 35.4 Å². The van der Waals surface area contributed by atoms with Gasteiger partial charge in [-0.1, -0.05) is 71.5 Å². The van der Waals surface area contributed by atoms with Crippen LogP contribution in [0.5, 0.6) is 0 Å². The van der Waals surface area contributed by atoms with Crippen LogP contribution in [0.3, 0.4) is 0 Å². The van der Waals surface area contributed by atoms with Gasteiger partial charge in [-0.3, -0.25) is 9.59 Å². The minimum absolute atomic E-state index is 0.0592. The molecule has 156 valence electrons. The van der Waals surface area contributed by atoms with Crippen LogP contribution < -0.4 is 0 Å². The van der Waals surface area contributed by atoms with E-state index in [2.05, 4.69) is 10.3 Å². The molecule has 6 heteroatoms. The number of ketones is 2. The minimum atomic E-state index is -0.274. The molecular formula is C25H23N3O3. The Kier molecular flexibility index (Phi) is 5.89. The molecule has 3 aromatic rings. The largest absolute Gasteiger partial charge is 0.483 e. The van der Waals surface area contributed by atoms with Gasteiger partial charge >= 0.3 is 0 Å². The average molecular weight is 413 g/mol. The monoisotopic (exact) mass is 413 g/mol. The number of carbonyl (C=O) groups excluding carboxylic acids is 2. The molecule has 0 unspecified atom stereocenters. The number of ether oxygens (including phenoxy) is 1. The fourth-order valence-electron chi connectivity index (χ4n) is 3.45. The summed E-state index contributed by atoms with van der Waals surface area (Å²) < 4.78 is 7.60. The Labute approximate surface area is 180 Å². The third-order valence-electron chi connectivity index (χ3n) is 5.02. The zero-order chi connectivity index (χ0) is 21.8. The lowest BCUT2D eigenvalue weighted by Gasteiger charge is -2.20. The molecule has 0 bridgehead atoms. The SMILES string of the molecule is CC(C)=CCC1=C(OCc2cn(Cc3ccccc3)nn2)C(=O)c2ccccc2C1=O. The number of fused-ring (bicyclic) bond motifs is 1. The standard InChI is InChI=1S/C25H23N3O3/c1-17(2)12-13-22-23(29)20-10-6-7-11-21(20)24(30)25(22)31-16-19-15-28(27-26-19)14-18-8-4-3-5-9-18/h3-12,15H,13-14,16H2,1-2H3. The first-order valence-corrected chi connectivity index (χ1v) is 10.1. The van der Waals surface area contributed by atoms with Crippen molar-refractivity contribution in [3.63, 3.8) is 0 Å². The molecule has 0 amide bonds. The fraction of sp³-hybridized carbons (Fsp3) is 0.200. The fourth-order valence-corrected chi connectivity index (χ4v) is 3.45. The van der Waals surface area contributed by atoms with E-state index in [1.54, 1.807) is 35.1 Å². The van der Waals surface area contributed by atoms with Crippen LogP contribution in [0.25, 0.3) is 0 Å². The lowest BCUT2D eigenvalue weighted by atomic mass is 9.86. The first kappa shape index (κ1) is 20.5. The molecule has 2 aromatic carbocycles. The van der Waals surface area contributed by atoms with E-state index in [9.17, 15) is 9.59 Å². The van der Waals surface area contributed by atoms with Crippen molar-refractivity contribution < 1.29 is 14.3 Å². The Hall–Kier alpha value is -3.80. The summed E-state index contributed by atoms with van der Waals surface area (Å²) in [6.45, 7) is 4.56. The van der Waals surface area contributed by atoms with E-state index in [4.69, 9.17) is 4.74 Å². The van der Waals surface area contributed by atoms with Crippen molar-refractivity contribution in [2.45, 2.75) is 33.4 Å². The van der Waals surface area contributed by atoms with Crippen molar-refractivity contribution >= 4 is 11.6 Å². The zero-order valence-corrected chi connectivity index (χ0v) is 17.5. The van der Waals surface area contributed by atoms with Crippen LogP contribution in [0, 0.1) is 0 Å². The van der Waals surface area contributed by atoms with Gasteiger partial charge in [-0.25, -0.2) is 4.68 Å². The molecule has 4 rings (SSSR count). The number of hydrogen-bond donors (Lipinski definition) is 0. The highest BCUT2D eigenvalue weighted by atomic mass is 16.5. The number of allylic oxidation sites excluding steroid dienone is 4. The van der Waals surface area contributed by atoms with Crippen LogP contribution in [0.4, 0.5) is 0 Å². The molecule has 31 heavy (non-hydrogen) atoms. The maximum atomic E-state index is 13.1. The van der Waals surface area contributed by atoms with Gasteiger partial charge in [0, 0.05) is 11.1 Å². The van der Waals surface area contributed by atoms with E-state index in [1.165, 1.54) is 0 Å². The number of Topliss-reactive ketones (excluding diaryl/α,β-unsaturated/α-hetero) is 2. The summed E-state index contributed by atoms with van der Waals surface area (Å²) in [5.74, 6) is -0.349. The van der Waals surface area contributed by atoms with E-state index >= 15 is 0 Å². The summed E-state index contributed by atoms with van der Waals surface area (Å²) in [4.78, 5) is 26.1. The Bertz CT molecular complexity index is 1190. The van der Waals surface area contributed by atoms with Gasteiger partial charge in [-0.15, -0.1) is 5.10 Å². The topological polar surface area (TPSA) is 74.1 Å². The highest BCUT2D eigenvalue weighted by Gasteiger charge is 2.32. The van der Waals surface area contributed by atoms with Gasteiger partial charge in [0.2, 0.25) is 5.78 Å². The molecule has 6 nitrogen and oxygen atoms in total. The average Bonchev–Trinajstić information content (AvgIpc) is 3.22. The second kappa shape index (κ2) is 8.92. The maximum absolute atomic E-state index is 13.1. The van der Waals surface area contributed by atoms with Crippen molar-refractivity contribution in [1.82, 2.24) is 15.0 Å². The molecule has 0 N–H and O–H groups in total. The van der Waals surface area contributed by atoms with Gasteiger partial charge in [0.25, 0.3) is 0 Å². The third kappa shape index (κ3) is 4.53. The highest BCUT2D eigenvalue weighted by Crippen LogP contribution is 2.29. The first-order valence-electron chi connectivity index (χ1n) is 10.1. The Morgan fingerprint density at radius 2 is 1.65 bits per heavy atom. The Balaban J connectivity index is 1.56. The lowest BCUT2D eigenvalue weighted by Crippen LogP contribution is -2.23. The quantitative estimate of drug-likeness (QED) is 0.532. The molecule has 0 atom stereocenters. The van der Waals surface area contributed by atoms with Crippen LogP contribution in [-0.2, 0) is 17.9 Å². The van der Waals surface area contributed by atoms with Gasteiger partial charge in [0.15, 0.2) is 11.5 Å². The minimum Gasteiger partial charge on any atom is -0.483 e. The first-order chi connectivity index (χ1) is 15.0. The third-order valence-corrected chi connectivity index (χ3v) is 5.02. The molecule has 1 aliphatic carbocycles. The van der Waals surface area contributed by atoms with Crippen molar-refractivity contribution in [3.05, 3.63) is 106 Å². The summed E-state index contributed by atoms with van der Waals surface area (Å²) >= 11 is 0. The van der Waals surface area contributed by atoms with Crippen molar-refractivity contribution in [2.24, 2.45) is 0 Å². The molecule has 0 saturated heterocycles. The summed E-state index contributed by atoms with van der Waals surface area (Å²) in [5, 5.41) is 8.27. The summed E-state index contributed by atoms with van der Waals surface area (Å²) in [6.07, 6.45) is 4.05. The number of nitrogens with zero attached hydrogens (tertiary/aromatic N) is 3. The van der Waals surface area contributed by atoms with E-state index in [0.717, 1.165) is 11.1 Å². The number of hydrogen-bond acceptors (Lipinski definition) is 5. The van der Waals surface area contributed by atoms with Crippen LogP contribution in [-0.4, -0.2) is 26.6 Å². The van der Waals surface area contributed by atoms with Crippen LogP contribution in [0.15, 0.2) is 83.8 Å². The smallest absolute Gasteiger partial charge is 0.228 e. The second-order valence-corrected chi connectivity index (χ2v) is 7.68. The van der Waals surface area contributed by atoms with Crippen molar-refractivity contribution in [1.29, 1.82) is 0 Å². The summed E-state index contributed by atoms with van der Waals surface area (Å²) in [6, 6.07) is 16.8. The predicted octanol–water partition coefficient (Wildman–Crippen LogP) is 4.53. The van der Waals surface area contributed by atoms with Crippen LogP contribution in [0.1, 0.15) is 52.2 Å². The Morgan fingerprint density at radius 1 is 0.968 bits per heavy atom. The molecule has 0 spiro atoms. The molecular weight excluding hydrogens is 390 g/mol. The maximum Gasteiger partial charge on any atom is 0.228 e. The van der Waals surface area contributed by atoms with E-state index in [-0.39, 0.29) is 23.9 Å². The number of carbonyl (C=O) groups is 2. The predicted molar refractivity (Wildman–Crippen MR) is 117 cm³/mol. The molecule has 1 aliphatic rings.